The molecule has 2 aromatic rings. The van der Waals surface area contributed by atoms with Crippen LogP contribution in [0.3, 0.4) is 0 Å². The Hall–Kier alpha value is -3.23. The largest absolute Gasteiger partial charge is 0.507 e. The van der Waals surface area contributed by atoms with Crippen LogP contribution < -0.4 is 14.2 Å². The van der Waals surface area contributed by atoms with Gasteiger partial charge in [0.1, 0.15) is 11.5 Å². The second-order valence-corrected chi connectivity index (χ2v) is 8.62. The van der Waals surface area contributed by atoms with E-state index in [9.17, 15) is 14.7 Å². The van der Waals surface area contributed by atoms with Crippen LogP contribution in [0.1, 0.15) is 31.0 Å². The summed E-state index contributed by atoms with van der Waals surface area (Å²) in [5, 5.41) is 11.6. The summed E-state index contributed by atoms with van der Waals surface area (Å²) in [5.41, 5.74) is 0.930. The molecule has 0 radical (unpaired) electrons. The number of aliphatic hydroxyl groups excluding tert-OH is 1. The molecule has 0 saturated carbocycles. The van der Waals surface area contributed by atoms with Crippen LogP contribution in [0.25, 0.3) is 5.76 Å². The third kappa shape index (κ3) is 5.55. The first-order valence-electron chi connectivity index (χ1n) is 11.4. The van der Waals surface area contributed by atoms with Crippen LogP contribution in [0.4, 0.5) is 0 Å². The Labute approximate surface area is 210 Å². The molecule has 0 aromatic heterocycles. The zero-order valence-electron chi connectivity index (χ0n) is 20.6. The summed E-state index contributed by atoms with van der Waals surface area (Å²) in [4.78, 5) is 29.7. The highest BCUT2D eigenvalue weighted by Gasteiger charge is 2.46. The molecule has 1 unspecified atom stereocenters. The molecule has 3 rings (SSSR count). The molecule has 1 fully saturated rings. The number of hydrogen-bond acceptors (Lipinski definition) is 7. The highest BCUT2D eigenvalue weighted by atomic mass is 35.5. The van der Waals surface area contributed by atoms with Crippen molar-refractivity contribution in [2.75, 3.05) is 47.5 Å². The summed E-state index contributed by atoms with van der Waals surface area (Å²) in [5.74, 6) is -0.335. The molecule has 1 saturated heterocycles. The lowest BCUT2D eigenvalue weighted by Gasteiger charge is -2.27. The minimum absolute atomic E-state index is 0.00950. The normalized spacial score (nSPS) is 17.2. The van der Waals surface area contributed by atoms with E-state index in [0.717, 1.165) is 0 Å². The number of likely N-dealkylation sites (tertiary alicyclic amines) is 1. The number of aliphatic hydroxyl groups is 1. The molecule has 1 atom stereocenters. The molecule has 1 aliphatic heterocycles. The average Bonchev–Trinajstić information content (AvgIpc) is 3.08. The van der Waals surface area contributed by atoms with E-state index >= 15 is 0 Å². The molecule has 35 heavy (non-hydrogen) atoms. The molecule has 2 aromatic carbocycles. The van der Waals surface area contributed by atoms with Crippen molar-refractivity contribution in [3.8, 4) is 17.2 Å². The summed E-state index contributed by atoms with van der Waals surface area (Å²) in [7, 11) is 5.23. The lowest BCUT2D eigenvalue weighted by molar-refractivity contribution is -0.140. The summed E-state index contributed by atoms with van der Waals surface area (Å²) >= 11 is 6.14. The van der Waals surface area contributed by atoms with Gasteiger partial charge < -0.3 is 29.1 Å². The summed E-state index contributed by atoms with van der Waals surface area (Å²) in [6, 6.07) is 9.15. The van der Waals surface area contributed by atoms with E-state index in [1.54, 1.807) is 30.3 Å². The third-order valence-corrected chi connectivity index (χ3v) is 5.95. The van der Waals surface area contributed by atoms with Gasteiger partial charge in [0.05, 0.1) is 37.0 Å². The fraction of sp³-hybridized carbons (Fsp3) is 0.385. The Morgan fingerprint density at radius 2 is 1.71 bits per heavy atom. The monoisotopic (exact) mass is 502 g/mol. The van der Waals surface area contributed by atoms with Gasteiger partial charge in [0.2, 0.25) is 0 Å². The maximum absolute atomic E-state index is 13.2. The van der Waals surface area contributed by atoms with Crippen molar-refractivity contribution in [1.82, 2.24) is 9.80 Å². The summed E-state index contributed by atoms with van der Waals surface area (Å²) < 4.78 is 16.7. The highest BCUT2D eigenvalue weighted by Crippen LogP contribution is 2.42. The number of hydrogen-bond donors (Lipinski definition) is 1. The molecular formula is C26H31ClN2O6. The maximum Gasteiger partial charge on any atom is 0.295 e. The average molecular weight is 503 g/mol. The Kier molecular flexibility index (Phi) is 8.64. The topological polar surface area (TPSA) is 88.5 Å². The van der Waals surface area contributed by atoms with Crippen LogP contribution in [0.5, 0.6) is 17.2 Å². The highest BCUT2D eigenvalue weighted by molar-refractivity contribution is 6.46. The first kappa shape index (κ1) is 26.4. The van der Waals surface area contributed by atoms with Crippen molar-refractivity contribution in [1.29, 1.82) is 0 Å². The lowest BCUT2D eigenvalue weighted by Crippen LogP contribution is -2.35. The van der Waals surface area contributed by atoms with Gasteiger partial charge in [-0.25, -0.2) is 0 Å². The quantitative estimate of drug-likeness (QED) is 0.297. The minimum Gasteiger partial charge on any atom is -0.507 e. The fourth-order valence-corrected chi connectivity index (χ4v) is 4.16. The number of Topliss-reactive ketones (excluding diaryl/α,β-unsaturated/α-hetero) is 1. The number of ether oxygens (including phenoxy) is 3. The number of nitrogens with zero attached hydrogens (tertiary/aromatic N) is 2. The standard InChI is InChI=1S/C26H31ClN2O6/c1-6-34-19-11-9-16(14-21(19)35-7-2)23-22(25(31)26(32)29(23)13-12-28(3)4)24(30)17-8-10-18(27)20(15-17)33-5/h8-11,14-15,23,30H,6-7,12-13H2,1-5H3/b24-22-. The second kappa shape index (κ2) is 11.5. The van der Waals surface area contributed by atoms with Crippen molar-refractivity contribution in [3.05, 3.63) is 58.1 Å². The van der Waals surface area contributed by atoms with E-state index in [4.69, 9.17) is 25.8 Å². The molecule has 0 aliphatic carbocycles. The molecule has 1 aliphatic rings. The van der Waals surface area contributed by atoms with Gasteiger partial charge in [0, 0.05) is 18.7 Å². The predicted octanol–water partition coefficient (Wildman–Crippen LogP) is 4.13. The number of carbonyl (C=O) groups excluding carboxylic acids is 2. The Morgan fingerprint density at radius 1 is 1.03 bits per heavy atom. The lowest BCUT2D eigenvalue weighted by atomic mass is 9.95. The van der Waals surface area contributed by atoms with Gasteiger partial charge in [0.15, 0.2) is 11.5 Å². The molecule has 0 bridgehead atoms. The number of amides is 1. The zero-order chi connectivity index (χ0) is 25.7. The Balaban J connectivity index is 2.20. The number of likely N-dealkylation sites (N-methyl/N-ethyl adjacent to an activating group) is 1. The molecule has 9 heteroatoms. The molecule has 0 spiro atoms. The van der Waals surface area contributed by atoms with Gasteiger partial charge in [-0.3, -0.25) is 9.59 Å². The van der Waals surface area contributed by atoms with Gasteiger partial charge in [-0.2, -0.15) is 0 Å². The number of carbonyl (C=O) groups is 2. The van der Waals surface area contributed by atoms with Gasteiger partial charge in [0.25, 0.3) is 11.7 Å². The number of rotatable bonds is 10. The molecule has 1 heterocycles. The van der Waals surface area contributed by atoms with Crippen molar-refractivity contribution < 1.29 is 28.9 Å². The summed E-state index contributed by atoms with van der Waals surface area (Å²) in [6.45, 7) is 5.43. The van der Waals surface area contributed by atoms with Crippen LogP contribution in [0.2, 0.25) is 5.02 Å². The van der Waals surface area contributed by atoms with Gasteiger partial charge in [-0.1, -0.05) is 17.7 Å². The van der Waals surface area contributed by atoms with E-state index < -0.39 is 17.7 Å². The van der Waals surface area contributed by atoms with Crippen LogP contribution in [0.15, 0.2) is 42.0 Å². The van der Waals surface area contributed by atoms with Crippen LogP contribution in [0, 0.1) is 0 Å². The third-order valence-electron chi connectivity index (χ3n) is 5.64. The maximum atomic E-state index is 13.2. The first-order chi connectivity index (χ1) is 16.7. The van der Waals surface area contributed by atoms with E-state index in [-0.39, 0.29) is 11.3 Å². The fourth-order valence-electron chi connectivity index (χ4n) is 3.97. The van der Waals surface area contributed by atoms with Gasteiger partial charge >= 0.3 is 0 Å². The van der Waals surface area contributed by atoms with Crippen LogP contribution in [-0.2, 0) is 9.59 Å². The van der Waals surface area contributed by atoms with Gasteiger partial charge in [-0.05, 0) is 63.8 Å². The van der Waals surface area contributed by atoms with E-state index in [0.29, 0.717) is 59.7 Å². The molecule has 8 nitrogen and oxygen atoms in total. The van der Waals surface area contributed by atoms with E-state index in [2.05, 4.69) is 0 Å². The Bertz CT molecular complexity index is 1130. The van der Waals surface area contributed by atoms with Crippen molar-refractivity contribution >= 4 is 29.1 Å². The molecule has 188 valence electrons. The molecule has 1 N–H and O–H groups in total. The number of ketones is 1. The predicted molar refractivity (Wildman–Crippen MR) is 134 cm³/mol. The van der Waals surface area contributed by atoms with Crippen LogP contribution >= 0.6 is 11.6 Å². The van der Waals surface area contributed by atoms with Crippen molar-refractivity contribution in [2.45, 2.75) is 19.9 Å². The number of halogens is 1. The van der Waals surface area contributed by atoms with E-state index in [1.165, 1.54) is 18.1 Å². The Morgan fingerprint density at radius 3 is 2.34 bits per heavy atom. The molecular weight excluding hydrogens is 472 g/mol. The van der Waals surface area contributed by atoms with Crippen molar-refractivity contribution in [3.63, 3.8) is 0 Å². The smallest absolute Gasteiger partial charge is 0.295 e. The van der Waals surface area contributed by atoms with Crippen molar-refractivity contribution in [2.24, 2.45) is 0 Å². The minimum atomic E-state index is -0.813. The van der Waals surface area contributed by atoms with Crippen LogP contribution in [-0.4, -0.2) is 74.1 Å². The summed E-state index contributed by atoms with van der Waals surface area (Å²) in [6.07, 6.45) is 0. The first-order valence-corrected chi connectivity index (χ1v) is 11.8. The zero-order valence-corrected chi connectivity index (χ0v) is 21.4. The number of methoxy groups -OCH3 is 1. The molecule has 1 amide bonds. The SMILES string of the molecule is CCOc1ccc(C2/C(=C(/O)c3ccc(Cl)c(OC)c3)C(=O)C(=O)N2CCN(C)C)cc1OCC. The van der Waals surface area contributed by atoms with E-state index in [1.807, 2.05) is 32.8 Å². The number of benzene rings is 2. The second-order valence-electron chi connectivity index (χ2n) is 8.22. The van der Waals surface area contributed by atoms with Gasteiger partial charge in [-0.15, -0.1) is 0 Å².